The fourth-order valence-electron chi connectivity index (χ4n) is 5.54. The van der Waals surface area contributed by atoms with Crippen molar-refractivity contribution in [3.63, 3.8) is 0 Å². The third kappa shape index (κ3) is 2.76. The second-order valence-electron chi connectivity index (χ2n) is 7.69. The van der Waals surface area contributed by atoms with Gasteiger partial charge in [-0.15, -0.1) is 0 Å². The normalized spacial score (nSPS) is 38.6. The van der Waals surface area contributed by atoms with Crippen molar-refractivity contribution in [2.75, 3.05) is 6.61 Å². The van der Waals surface area contributed by atoms with E-state index in [1.807, 2.05) is 0 Å². The van der Waals surface area contributed by atoms with E-state index >= 15 is 0 Å². The molecule has 2 N–H and O–H groups in total. The molecular formula is C19H27NO. The predicted molar refractivity (Wildman–Crippen MR) is 85.0 cm³/mol. The van der Waals surface area contributed by atoms with Gasteiger partial charge >= 0.3 is 0 Å². The van der Waals surface area contributed by atoms with E-state index in [1.54, 1.807) is 0 Å². The van der Waals surface area contributed by atoms with Gasteiger partial charge in [0, 0.05) is 12.1 Å². The fourth-order valence-corrected chi connectivity index (χ4v) is 5.54. The largest absolute Gasteiger partial charge is 0.395 e. The Kier molecular flexibility index (Phi) is 3.76. The lowest BCUT2D eigenvalue weighted by Gasteiger charge is -2.55. The van der Waals surface area contributed by atoms with Gasteiger partial charge in [-0.2, -0.15) is 0 Å². The van der Waals surface area contributed by atoms with Crippen LogP contribution in [0.4, 0.5) is 0 Å². The Morgan fingerprint density at radius 2 is 1.57 bits per heavy atom. The molecule has 0 radical (unpaired) electrons. The first-order valence-electron chi connectivity index (χ1n) is 8.72. The van der Waals surface area contributed by atoms with Gasteiger partial charge in [0.05, 0.1) is 6.61 Å². The molecule has 114 valence electrons. The van der Waals surface area contributed by atoms with Gasteiger partial charge < -0.3 is 10.4 Å². The summed E-state index contributed by atoms with van der Waals surface area (Å²) in [5, 5.41) is 13.6. The minimum atomic E-state index is 0.218. The maximum absolute atomic E-state index is 9.78. The molecule has 4 saturated carbocycles. The molecule has 21 heavy (non-hydrogen) atoms. The number of aliphatic hydroxyl groups excluding tert-OH is 1. The molecule has 4 fully saturated rings. The molecule has 0 heterocycles. The molecule has 0 aliphatic heterocycles. The van der Waals surface area contributed by atoms with Crippen LogP contribution in [-0.4, -0.2) is 23.8 Å². The minimum Gasteiger partial charge on any atom is -0.395 e. The molecule has 1 aromatic carbocycles. The number of benzene rings is 1. The molecule has 5 rings (SSSR count). The zero-order valence-corrected chi connectivity index (χ0v) is 12.7. The van der Waals surface area contributed by atoms with E-state index in [0.29, 0.717) is 6.04 Å². The topological polar surface area (TPSA) is 32.3 Å². The Morgan fingerprint density at radius 1 is 0.952 bits per heavy atom. The first-order valence-corrected chi connectivity index (χ1v) is 8.72. The van der Waals surface area contributed by atoms with Gasteiger partial charge in [-0.25, -0.2) is 0 Å². The molecule has 1 atom stereocenters. The standard InChI is InChI=1S/C19H27NO/c21-12-18(11-13-4-2-1-3-5-13)20-19-16-7-14-6-15(9-16)10-17(19)8-14/h1-5,14-21H,6-12H2/t14?,15?,16?,17?,18-,19?/m1/s1. The Hall–Kier alpha value is -0.860. The highest BCUT2D eigenvalue weighted by Gasteiger charge is 2.48. The molecule has 4 bridgehead atoms. The molecule has 4 aliphatic rings. The summed E-state index contributed by atoms with van der Waals surface area (Å²) in [5.74, 6) is 3.80. The molecular weight excluding hydrogens is 258 g/mol. The monoisotopic (exact) mass is 285 g/mol. The van der Waals surface area contributed by atoms with Crippen LogP contribution in [0, 0.1) is 23.7 Å². The molecule has 4 aliphatic carbocycles. The first kappa shape index (κ1) is 13.8. The minimum absolute atomic E-state index is 0.218. The van der Waals surface area contributed by atoms with Crippen LogP contribution in [0.3, 0.4) is 0 Å². The second kappa shape index (κ2) is 5.73. The molecule has 2 heteroatoms. The van der Waals surface area contributed by atoms with Crippen molar-refractivity contribution in [1.82, 2.24) is 5.32 Å². The highest BCUT2D eigenvalue weighted by atomic mass is 16.3. The van der Waals surface area contributed by atoms with Gasteiger partial charge in [-0.1, -0.05) is 30.3 Å². The third-order valence-corrected chi connectivity index (χ3v) is 6.20. The second-order valence-corrected chi connectivity index (χ2v) is 7.69. The number of rotatable bonds is 5. The van der Waals surface area contributed by atoms with E-state index in [4.69, 9.17) is 0 Å². The van der Waals surface area contributed by atoms with Crippen LogP contribution in [0.2, 0.25) is 0 Å². The Bertz CT molecular complexity index is 444. The van der Waals surface area contributed by atoms with Gasteiger partial charge in [0.1, 0.15) is 0 Å². The first-order chi connectivity index (χ1) is 10.3. The lowest BCUT2D eigenvalue weighted by Crippen LogP contribution is -2.57. The summed E-state index contributed by atoms with van der Waals surface area (Å²) in [5.41, 5.74) is 1.33. The predicted octanol–water partition coefficient (Wildman–Crippen LogP) is 3.00. The quantitative estimate of drug-likeness (QED) is 0.871. The SMILES string of the molecule is OC[C@@H](Cc1ccccc1)NC1C2CC3CC(C2)CC1C3. The summed E-state index contributed by atoms with van der Waals surface area (Å²) in [6.45, 7) is 0.248. The van der Waals surface area contributed by atoms with Crippen LogP contribution in [0.15, 0.2) is 30.3 Å². The highest BCUT2D eigenvalue weighted by Crippen LogP contribution is 2.53. The number of nitrogens with one attached hydrogen (secondary N) is 1. The van der Waals surface area contributed by atoms with Crippen molar-refractivity contribution in [2.24, 2.45) is 23.7 Å². The Balaban J connectivity index is 1.42. The van der Waals surface area contributed by atoms with Crippen LogP contribution in [0.1, 0.15) is 37.7 Å². The molecule has 0 amide bonds. The molecule has 1 aromatic rings. The smallest absolute Gasteiger partial charge is 0.0587 e. The zero-order valence-electron chi connectivity index (χ0n) is 12.7. The van der Waals surface area contributed by atoms with Crippen molar-refractivity contribution in [3.05, 3.63) is 35.9 Å². The number of hydrogen-bond donors (Lipinski definition) is 2. The van der Waals surface area contributed by atoms with Crippen LogP contribution in [0.25, 0.3) is 0 Å². The summed E-state index contributed by atoms with van der Waals surface area (Å²) in [6, 6.07) is 11.5. The van der Waals surface area contributed by atoms with E-state index in [2.05, 4.69) is 35.6 Å². The van der Waals surface area contributed by atoms with Crippen molar-refractivity contribution in [3.8, 4) is 0 Å². The highest BCUT2D eigenvalue weighted by molar-refractivity contribution is 5.16. The summed E-state index contributed by atoms with van der Waals surface area (Å²) in [7, 11) is 0. The van der Waals surface area contributed by atoms with Crippen LogP contribution in [-0.2, 0) is 6.42 Å². The average Bonchev–Trinajstić information content (AvgIpc) is 2.50. The number of aliphatic hydroxyl groups is 1. The van der Waals surface area contributed by atoms with Gasteiger partial charge in [-0.3, -0.25) is 0 Å². The molecule has 0 aromatic heterocycles. The lowest BCUT2D eigenvalue weighted by atomic mass is 9.54. The molecule has 2 nitrogen and oxygen atoms in total. The van der Waals surface area contributed by atoms with Gasteiger partial charge in [0.2, 0.25) is 0 Å². The van der Waals surface area contributed by atoms with Crippen LogP contribution in [0.5, 0.6) is 0 Å². The van der Waals surface area contributed by atoms with Crippen molar-refractivity contribution < 1.29 is 5.11 Å². The van der Waals surface area contributed by atoms with E-state index in [-0.39, 0.29) is 12.6 Å². The average molecular weight is 285 g/mol. The maximum atomic E-state index is 9.78. The zero-order chi connectivity index (χ0) is 14.2. The van der Waals surface area contributed by atoms with Crippen LogP contribution < -0.4 is 5.32 Å². The van der Waals surface area contributed by atoms with E-state index in [0.717, 1.165) is 30.1 Å². The lowest BCUT2D eigenvalue weighted by molar-refractivity contribution is -0.0200. The summed E-state index contributed by atoms with van der Waals surface area (Å²) in [4.78, 5) is 0. The van der Waals surface area contributed by atoms with Gasteiger partial charge in [0.25, 0.3) is 0 Å². The van der Waals surface area contributed by atoms with Gasteiger partial charge in [0.15, 0.2) is 0 Å². The van der Waals surface area contributed by atoms with E-state index in [9.17, 15) is 5.11 Å². The van der Waals surface area contributed by atoms with E-state index < -0.39 is 0 Å². The summed E-state index contributed by atoms with van der Waals surface area (Å²) in [6.07, 6.45) is 8.21. The van der Waals surface area contributed by atoms with Gasteiger partial charge in [-0.05, 0) is 67.8 Å². The summed E-state index contributed by atoms with van der Waals surface area (Å²) < 4.78 is 0. The van der Waals surface area contributed by atoms with Crippen molar-refractivity contribution in [2.45, 2.75) is 50.6 Å². The van der Waals surface area contributed by atoms with E-state index in [1.165, 1.54) is 37.7 Å². The van der Waals surface area contributed by atoms with Crippen molar-refractivity contribution in [1.29, 1.82) is 0 Å². The Morgan fingerprint density at radius 3 is 2.14 bits per heavy atom. The van der Waals surface area contributed by atoms with Crippen LogP contribution >= 0.6 is 0 Å². The third-order valence-electron chi connectivity index (χ3n) is 6.20. The molecule has 0 spiro atoms. The number of hydrogen-bond acceptors (Lipinski definition) is 2. The molecule has 0 saturated heterocycles. The summed E-state index contributed by atoms with van der Waals surface area (Å²) >= 11 is 0. The van der Waals surface area contributed by atoms with Crippen molar-refractivity contribution >= 4 is 0 Å². The maximum Gasteiger partial charge on any atom is 0.0587 e. The Labute approximate surface area is 128 Å². The fraction of sp³-hybridized carbons (Fsp3) is 0.684. The molecule has 0 unspecified atom stereocenters.